The second-order valence-corrected chi connectivity index (χ2v) is 5.13. The van der Waals surface area contributed by atoms with Crippen LogP contribution in [0.15, 0.2) is 24.3 Å². The van der Waals surface area contributed by atoms with Gasteiger partial charge in [-0.3, -0.25) is 4.79 Å². The molecule has 0 aliphatic carbocycles. The minimum Gasteiger partial charge on any atom is -0.381 e. The molecule has 0 radical (unpaired) electrons. The van der Waals surface area contributed by atoms with E-state index in [1.807, 2.05) is 24.3 Å². The summed E-state index contributed by atoms with van der Waals surface area (Å²) >= 11 is 2.24. The largest absolute Gasteiger partial charge is 0.381 e. The number of nitrogens with one attached hydrogen (secondary N) is 1. The number of rotatable bonds is 2. The molecule has 86 valence electrons. The number of anilines is 1. The highest BCUT2D eigenvalue weighted by Gasteiger charge is 2.21. The molecule has 1 aliphatic rings. The lowest BCUT2D eigenvalue weighted by Crippen LogP contribution is -2.28. The van der Waals surface area contributed by atoms with Crippen molar-refractivity contribution in [3.63, 3.8) is 0 Å². The zero-order chi connectivity index (χ0) is 11.4. The van der Waals surface area contributed by atoms with Crippen LogP contribution >= 0.6 is 22.6 Å². The van der Waals surface area contributed by atoms with E-state index >= 15 is 0 Å². The molecule has 1 heterocycles. The summed E-state index contributed by atoms with van der Waals surface area (Å²) in [6.07, 6.45) is 1.66. The van der Waals surface area contributed by atoms with Crippen LogP contribution in [0, 0.1) is 9.49 Å². The highest BCUT2D eigenvalue weighted by atomic mass is 127. The number of carbonyl (C=O) groups excluding carboxylic acids is 1. The van der Waals surface area contributed by atoms with E-state index in [1.165, 1.54) is 3.57 Å². The van der Waals surface area contributed by atoms with Crippen LogP contribution in [0.3, 0.4) is 0 Å². The maximum atomic E-state index is 11.9. The van der Waals surface area contributed by atoms with Crippen molar-refractivity contribution in [2.24, 2.45) is 5.92 Å². The molecule has 0 aromatic heterocycles. The molecular weight excluding hydrogens is 317 g/mol. The molecule has 0 unspecified atom stereocenters. The van der Waals surface area contributed by atoms with E-state index in [-0.39, 0.29) is 11.8 Å². The summed E-state index contributed by atoms with van der Waals surface area (Å²) < 4.78 is 6.40. The number of carbonyl (C=O) groups is 1. The van der Waals surface area contributed by atoms with Crippen LogP contribution in [0.5, 0.6) is 0 Å². The van der Waals surface area contributed by atoms with Crippen LogP contribution in [-0.2, 0) is 9.53 Å². The number of amides is 1. The standard InChI is InChI=1S/C12H14INO2/c13-10-1-3-11(4-2-10)14-12(15)9-5-7-16-8-6-9/h1-4,9H,5-8H2,(H,14,15). The Balaban J connectivity index is 1.93. The molecule has 4 heteroatoms. The van der Waals surface area contributed by atoms with Gasteiger partial charge in [-0.1, -0.05) is 0 Å². The number of benzene rings is 1. The Bertz CT molecular complexity index is 358. The fourth-order valence-corrected chi connectivity index (χ4v) is 2.10. The first kappa shape index (κ1) is 11.9. The number of halogens is 1. The Hall–Kier alpha value is -0.620. The van der Waals surface area contributed by atoms with Crippen molar-refractivity contribution >= 4 is 34.2 Å². The minimum absolute atomic E-state index is 0.105. The van der Waals surface area contributed by atoms with Gasteiger partial charge in [-0.2, -0.15) is 0 Å². The molecule has 16 heavy (non-hydrogen) atoms. The van der Waals surface area contributed by atoms with Crippen LogP contribution in [-0.4, -0.2) is 19.1 Å². The molecule has 0 bridgehead atoms. The van der Waals surface area contributed by atoms with Crippen molar-refractivity contribution in [1.82, 2.24) is 0 Å². The molecule has 1 aromatic carbocycles. The van der Waals surface area contributed by atoms with Crippen molar-refractivity contribution in [3.05, 3.63) is 27.8 Å². The minimum atomic E-state index is 0.105. The van der Waals surface area contributed by atoms with Crippen molar-refractivity contribution < 1.29 is 9.53 Å². The van der Waals surface area contributed by atoms with E-state index in [2.05, 4.69) is 27.9 Å². The first-order valence-corrected chi connectivity index (χ1v) is 6.48. The van der Waals surface area contributed by atoms with E-state index in [9.17, 15) is 4.79 Å². The summed E-state index contributed by atoms with van der Waals surface area (Å²) in [4.78, 5) is 11.9. The zero-order valence-corrected chi connectivity index (χ0v) is 11.1. The molecule has 1 amide bonds. The molecule has 3 nitrogen and oxygen atoms in total. The summed E-state index contributed by atoms with van der Waals surface area (Å²) in [5, 5.41) is 2.94. The summed E-state index contributed by atoms with van der Waals surface area (Å²) in [5.74, 6) is 0.220. The van der Waals surface area contributed by atoms with Gasteiger partial charge >= 0.3 is 0 Å². The Morgan fingerprint density at radius 1 is 1.25 bits per heavy atom. The first-order chi connectivity index (χ1) is 7.75. The lowest BCUT2D eigenvalue weighted by atomic mass is 9.99. The third kappa shape index (κ3) is 3.18. The predicted molar refractivity (Wildman–Crippen MR) is 71.3 cm³/mol. The molecule has 2 rings (SSSR count). The third-order valence-electron chi connectivity index (χ3n) is 2.70. The summed E-state index contributed by atoms with van der Waals surface area (Å²) in [6.45, 7) is 1.40. The van der Waals surface area contributed by atoms with E-state index in [0.717, 1.165) is 18.5 Å². The van der Waals surface area contributed by atoms with Crippen LogP contribution in [0.2, 0.25) is 0 Å². The van der Waals surface area contributed by atoms with E-state index in [1.54, 1.807) is 0 Å². The van der Waals surface area contributed by atoms with Gasteiger partial charge in [-0.25, -0.2) is 0 Å². The highest BCUT2D eigenvalue weighted by Crippen LogP contribution is 2.18. The molecule has 1 fully saturated rings. The summed E-state index contributed by atoms with van der Waals surface area (Å²) in [7, 11) is 0. The molecule has 0 saturated carbocycles. The van der Waals surface area contributed by atoms with Gasteiger partial charge in [0, 0.05) is 28.4 Å². The number of ether oxygens (including phenoxy) is 1. The van der Waals surface area contributed by atoms with Crippen LogP contribution in [0.1, 0.15) is 12.8 Å². The molecule has 0 atom stereocenters. The maximum Gasteiger partial charge on any atom is 0.227 e. The van der Waals surface area contributed by atoms with Crippen LogP contribution < -0.4 is 5.32 Å². The molecule has 1 saturated heterocycles. The first-order valence-electron chi connectivity index (χ1n) is 5.40. The molecule has 1 aromatic rings. The fraction of sp³-hybridized carbons (Fsp3) is 0.417. The molecular formula is C12H14INO2. The molecule has 1 N–H and O–H groups in total. The summed E-state index contributed by atoms with van der Waals surface area (Å²) in [5.41, 5.74) is 0.872. The van der Waals surface area contributed by atoms with Crippen molar-refractivity contribution in [2.75, 3.05) is 18.5 Å². The second kappa shape index (κ2) is 5.63. The van der Waals surface area contributed by atoms with Gasteiger partial charge in [-0.05, 0) is 59.7 Å². The van der Waals surface area contributed by atoms with Gasteiger partial charge in [0.2, 0.25) is 5.91 Å². The van der Waals surface area contributed by atoms with Crippen molar-refractivity contribution in [1.29, 1.82) is 0 Å². The Kier molecular flexibility index (Phi) is 4.17. The number of hydrogen-bond donors (Lipinski definition) is 1. The lowest BCUT2D eigenvalue weighted by Gasteiger charge is -2.21. The Morgan fingerprint density at radius 2 is 1.88 bits per heavy atom. The van der Waals surface area contributed by atoms with Gasteiger partial charge in [-0.15, -0.1) is 0 Å². The maximum absolute atomic E-state index is 11.9. The van der Waals surface area contributed by atoms with Crippen molar-refractivity contribution in [3.8, 4) is 0 Å². The highest BCUT2D eigenvalue weighted by molar-refractivity contribution is 14.1. The van der Waals surface area contributed by atoms with Crippen LogP contribution in [0.4, 0.5) is 5.69 Å². The van der Waals surface area contributed by atoms with Gasteiger partial charge in [0.15, 0.2) is 0 Å². The third-order valence-corrected chi connectivity index (χ3v) is 3.42. The van der Waals surface area contributed by atoms with Gasteiger partial charge in [0.05, 0.1) is 0 Å². The quantitative estimate of drug-likeness (QED) is 0.846. The normalized spacial score (nSPS) is 17.1. The van der Waals surface area contributed by atoms with E-state index in [4.69, 9.17) is 4.74 Å². The average molecular weight is 331 g/mol. The predicted octanol–water partition coefficient (Wildman–Crippen LogP) is 2.66. The van der Waals surface area contributed by atoms with Crippen LogP contribution in [0.25, 0.3) is 0 Å². The number of hydrogen-bond acceptors (Lipinski definition) is 2. The van der Waals surface area contributed by atoms with E-state index in [0.29, 0.717) is 13.2 Å². The monoisotopic (exact) mass is 331 g/mol. The SMILES string of the molecule is O=C(Nc1ccc(I)cc1)C1CCOCC1. The summed E-state index contributed by atoms with van der Waals surface area (Å²) in [6, 6.07) is 7.83. The second-order valence-electron chi connectivity index (χ2n) is 3.88. The van der Waals surface area contributed by atoms with Gasteiger partial charge in [0.25, 0.3) is 0 Å². The fourth-order valence-electron chi connectivity index (χ4n) is 1.74. The Labute approximate surface area is 109 Å². The topological polar surface area (TPSA) is 38.3 Å². The van der Waals surface area contributed by atoms with Gasteiger partial charge < -0.3 is 10.1 Å². The Morgan fingerprint density at radius 3 is 2.50 bits per heavy atom. The average Bonchev–Trinajstić information content (AvgIpc) is 2.33. The van der Waals surface area contributed by atoms with Gasteiger partial charge in [0.1, 0.15) is 0 Å². The van der Waals surface area contributed by atoms with Crippen molar-refractivity contribution in [2.45, 2.75) is 12.8 Å². The zero-order valence-electron chi connectivity index (χ0n) is 8.91. The smallest absolute Gasteiger partial charge is 0.227 e. The van der Waals surface area contributed by atoms with E-state index < -0.39 is 0 Å². The molecule has 0 spiro atoms. The lowest BCUT2D eigenvalue weighted by molar-refractivity contribution is -0.122. The molecule has 1 aliphatic heterocycles.